The summed E-state index contributed by atoms with van der Waals surface area (Å²) in [5, 5.41) is 2.98. The molecule has 7 heteroatoms. The molecule has 2 aromatic carbocycles. The number of nitrogens with one attached hydrogen (secondary N) is 1. The topological polar surface area (TPSA) is 41.6 Å². The quantitative estimate of drug-likeness (QED) is 0.780. The minimum Gasteiger partial charge on any atom is -0.435 e. The Bertz CT molecular complexity index is 723. The van der Waals surface area contributed by atoms with Crippen molar-refractivity contribution in [3.8, 4) is 5.75 Å². The van der Waals surface area contributed by atoms with Gasteiger partial charge in [-0.15, -0.1) is 0 Å². The predicted octanol–water partition coefficient (Wildman–Crippen LogP) is 3.69. The molecule has 1 aliphatic heterocycles. The number of carbonyl (C=O) groups excluding carboxylic acids is 1. The summed E-state index contributed by atoms with van der Waals surface area (Å²) in [5.74, 6) is 2.08. The monoisotopic (exact) mass is 392 g/mol. The molecule has 1 unspecified atom stereocenters. The zero-order valence-corrected chi connectivity index (χ0v) is 15.6. The maximum absolute atomic E-state index is 12.9. The Morgan fingerprint density at radius 3 is 2.37 bits per heavy atom. The van der Waals surface area contributed by atoms with Gasteiger partial charge in [0.05, 0.1) is 0 Å². The van der Waals surface area contributed by atoms with E-state index < -0.39 is 6.61 Å². The molecule has 2 aromatic rings. The van der Waals surface area contributed by atoms with E-state index in [9.17, 15) is 13.6 Å². The van der Waals surface area contributed by atoms with Crippen molar-refractivity contribution in [1.29, 1.82) is 0 Å². The van der Waals surface area contributed by atoms with E-state index in [0.717, 1.165) is 35.7 Å². The van der Waals surface area contributed by atoms with Crippen LogP contribution < -0.4 is 10.1 Å². The van der Waals surface area contributed by atoms with Crippen LogP contribution >= 0.6 is 11.8 Å². The van der Waals surface area contributed by atoms with Crippen molar-refractivity contribution >= 4 is 17.7 Å². The van der Waals surface area contributed by atoms with E-state index in [-0.39, 0.29) is 17.7 Å². The fourth-order valence-electron chi connectivity index (χ4n) is 3.07. The molecule has 0 radical (unpaired) electrons. The van der Waals surface area contributed by atoms with Crippen LogP contribution in [0.5, 0.6) is 5.75 Å². The van der Waals surface area contributed by atoms with E-state index in [1.54, 1.807) is 12.1 Å². The van der Waals surface area contributed by atoms with E-state index in [4.69, 9.17) is 0 Å². The lowest BCUT2D eigenvalue weighted by atomic mass is 10.0. The molecule has 0 bridgehead atoms. The molecule has 0 saturated carbocycles. The molecule has 1 atom stereocenters. The van der Waals surface area contributed by atoms with Crippen LogP contribution in [0, 0.1) is 0 Å². The standard InChI is InChI=1S/C20H22F2N2O2S/c21-20(22)26-17-8-6-15(7-9-17)14-23-19(25)18(16-4-2-1-3-5-16)24-10-12-27-13-11-24/h1-9,18,20H,10-14H2,(H,23,25). The van der Waals surface area contributed by atoms with Gasteiger partial charge in [0.1, 0.15) is 11.8 Å². The van der Waals surface area contributed by atoms with Crippen LogP contribution in [0.4, 0.5) is 8.78 Å². The molecular formula is C20H22F2N2O2S. The molecule has 0 spiro atoms. The Kier molecular flexibility index (Phi) is 7.06. The van der Waals surface area contributed by atoms with E-state index in [0.29, 0.717) is 6.54 Å². The van der Waals surface area contributed by atoms with Gasteiger partial charge in [-0.25, -0.2) is 0 Å². The van der Waals surface area contributed by atoms with Crippen molar-refractivity contribution in [2.75, 3.05) is 24.6 Å². The van der Waals surface area contributed by atoms with Gasteiger partial charge in [0.15, 0.2) is 0 Å². The Hall–Kier alpha value is -2.12. The lowest BCUT2D eigenvalue weighted by molar-refractivity contribution is -0.126. The SMILES string of the molecule is O=C(NCc1ccc(OC(F)F)cc1)C(c1ccccc1)N1CCSCC1. The van der Waals surface area contributed by atoms with Gasteiger partial charge in [-0.1, -0.05) is 42.5 Å². The highest BCUT2D eigenvalue weighted by Crippen LogP contribution is 2.24. The van der Waals surface area contributed by atoms with Gasteiger partial charge in [0.25, 0.3) is 0 Å². The number of ether oxygens (including phenoxy) is 1. The van der Waals surface area contributed by atoms with Gasteiger partial charge < -0.3 is 10.1 Å². The zero-order chi connectivity index (χ0) is 19.1. The molecule has 0 aromatic heterocycles. The first kappa shape index (κ1) is 19.6. The number of nitrogens with zero attached hydrogens (tertiary/aromatic N) is 1. The number of hydrogen-bond acceptors (Lipinski definition) is 4. The maximum Gasteiger partial charge on any atom is 0.387 e. The number of carbonyl (C=O) groups is 1. The summed E-state index contributed by atoms with van der Waals surface area (Å²) in [5.41, 5.74) is 1.80. The second kappa shape index (κ2) is 9.71. The van der Waals surface area contributed by atoms with Crippen LogP contribution in [0.15, 0.2) is 54.6 Å². The fourth-order valence-corrected chi connectivity index (χ4v) is 4.00. The Balaban J connectivity index is 1.65. The van der Waals surface area contributed by atoms with Crippen LogP contribution in [0.2, 0.25) is 0 Å². The third kappa shape index (κ3) is 5.68. The second-order valence-electron chi connectivity index (χ2n) is 6.20. The average Bonchev–Trinajstić information content (AvgIpc) is 2.69. The van der Waals surface area contributed by atoms with Crippen LogP contribution in [-0.4, -0.2) is 42.0 Å². The highest BCUT2D eigenvalue weighted by atomic mass is 32.2. The number of halogens is 2. The maximum atomic E-state index is 12.9. The predicted molar refractivity (Wildman–Crippen MR) is 103 cm³/mol. The normalized spacial score (nSPS) is 16.1. The number of hydrogen-bond donors (Lipinski definition) is 1. The molecule has 1 aliphatic rings. The van der Waals surface area contributed by atoms with Crippen LogP contribution in [0.1, 0.15) is 17.2 Å². The van der Waals surface area contributed by atoms with Gasteiger partial charge >= 0.3 is 6.61 Å². The number of alkyl halides is 2. The number of amides is 1. The van der Waals surface area contributed by atoms with Crippen LogP contribution in [0.25, 0.3) is 0 Å². The number of rotatable bonds is 7. The number of benzene rings is 2. The third-order valence-electron chi connectivity index (χ3n) is 4.39. The molecule has 1 amide bonds. The van der Waals surface area contributed by atoms with Gasteiger partial charge in [-0.2, -0.15) is 20.5 Å². The smallest absolute Gasteiger partial charge is 0.387 e. The van der Waals surface area contributed by atoms with Gasteiger partial charge in [-0.3, -0.25) is 9.69 Å². The van der Waals surface area contributed by atoms with Gasteiger partial charge in [-0.05, 0) is 23.3 Å². The summed E-state index contributed by atoms with van der Waals surface area (Å²) in [6, 6.07) is 15.7. The summed E-state index contributed by atoms with van der Waals surface area (Å²) in [7, 11) is 0. The summed E-state index contributed by atoms with van der Waals surface area (Å²) in [6.07, 6.45) is 0. The highest BCUT2D eigenvalue weighted by molar-refractivity contribution is 7.99. The summed E-state index contributed by atoms with van der Waals surface area (Å²) in [6.45, 7) is -0.765. The Labute approximate surface area is 161 Å². The van der Waals surface area contributed by atoms with E-state index in [2.05, 4.69) is 15.0 Å². The van der Waals surface area contributed by atoms with E-state index in [1.165, 1.54) is 12.1 Å². The van der Waals surface area contributed by atoms with Crippen molar-refractivity contribution in [3.63, 3.8) is 0 Å². The molecule has 3 rings (SSSR count). The molecule has 4 nitrogen and oxygen atoms in total. The van der Waals surface area contributed by atoms with E-state index >= 15 is 0 Å². The average molecular weight is 392 g/mol. The Morgan fingerprint density at radius 2 is 1.74 bits per heavy atom. The first-order chi connectivity index (χ1) is 13.1. The van der Waals surface area contributed by atoms with E-state index in [1.807, 2.05) is 42.1 Å². The molecule has 1 fully saturated rings. The van der Waals surface area contributed by atoms with Crippen LogP contribution in [-0.2, 0) is 11.3 Å². The molecule has 144 valence electrons. The van der Waals surface area contributed by atoms with Crippen molar-refractivity contribution in [3.05, 3.63) is 65.7 Å². The lowest BCUT2D eigenvalue weighted by Crippen LogP contribution is -2.44. The van der Waals surface area contributed by atoms with Crippen LogP contribution in [0.3, 0.4) is 0 Å². The third-order valence-corrected chi connectivity index (χ3v) is 5.33. The molecular weight excluding hydrogens is 370 g/mol. The summed E-state index contributed by atoms with van der Waals surface area (Å²) in [4.78, 5) is 15.2. The zero-order valence-electron chi connectivity index (χ0n) is 14.8. The molecule has 1 saturated heterocycles. The molecule has 27 heavy (non-hydrogen) atoms. The number of thioether (sulfide) groups is 1. The minimum absolute atomic E-state index is 0.0546. The lowest BCUT2D eigenvalue weighted by Gasteiger charge is -2.33. The van der Waals surface area contributed by atoms with Crippen molar-refractivity contribution < 1.29 is 18.3 Å². The highest BCUT2D eigenvalue weighted by Gasteiger charge is 2.28. The first-order valence-corrected chi connectivity index (χ1v) is 9.97. The van der Waals surface area contributed by atoms with Crippen molar-refractivity contribution in [1.82, 2.24) is 10.2 Å². The fraction of sp³-hybridized carbons (Fsp3) is 0.350. The molecule has 1 heterocycles. The largest absolute Gasteiger partial charge is 0.435 e. The second-order valence-corrected chi connectivity index (χ2v) is 7.43. The van der Waals surface area contributed by atoms with Gasteiger partial charge in [0, 0.05) is 31.1 Å². The summed E-state index contributed by atoms with van der Waals surface area (Å²) < 4.78 is 28.8. The summed E-state index contributed by atoms with van der Waals surface area (Å²) >= 11 is 1.90. The van der Waals surface area contributed by atoms with Crippen molar-refractivity contribution in [2.45, 2.75) is 19.2 Å². The minimum atomic E-state index is -2.84. The first-order valence-electron chi connectivity index (χ1n) is 8.81. The van der Waals surface area contributed by atoms with Crippen molar-refractivity contribution in [2.24, 2.45) is 0 Å². The Morgan fingerprint density at radius 1 is 1.07 bits per heavy atom. The molecule has 1 N–H and O–H groups in total. The molecule has 0 aliphatic carbocycles. The van der Waals surface area contributed by atoms with Gasteiger partial charge in [0.2, 0.25) is 5.91 Å².